The molecule has 9 aromatic carbocycles. The Morgan fingerprint density at radius 2 is 0.943 bits per heavy atom. The number of hydrogen-bond acceptors (Lipinski definition) is 3. The van der Waals surface area contributed by atoms with Crippen LogP contribution in [0.15, 0.2) is 197 Å². The van der Waals surface area contributed by atoms with Gasteiger partial charge >= 0.3 is 0 Å². The van der Waals surface area contributed by atoms with Crippen LogP contribution in [0.25, 0.3) is 87.7 Å². The van der Waals surface area contributed by atoms with Crippen molar-refractivity contribution in [1.29, 1.82) is 0 Å². The zero-order valence-corrected chi connectivity index (χ0v) is 28.7. The Morgan fingerprint density at radius 3 is 1.75 bits per heavy atom. The number of para-hydroxylation sites is 1. The Kier molecular flexibility index (Phi) is 6.55. The summed E-state index contributed by atoms with van der Waals surface area (Å²) in [5.41, 5.74) is 11.5. The predicted octanol–water partition coefficient (Wildman–Crippen LogP) is 14.6. The van der Waals surface area contributed by atoms with Crippen molar-refractivity contribution in [3.63, 3.8) is 0 Å². The summed E-state index contributed by atoms with van der Waals surface area (Å²) in [6, 6.07) is 66.8. The van der Waals surface area contributed by atoms with Gasteiger partial charge < -0.3 is 13.7 Å². The van der Waals surface area contributed by atoms with Crippen molar-refractivity contribution >= 4 is 82.5 Å². The zero-order valence-electron chi connectivity index (χ0n) is 28.7. The summed E-state index contributed by atoms with van der Waals surface area (Å²) in [7, 11) is 0. The molecule has 2 heterocycles. The van der Waals surface area contributed by atoms with Crippen LogP contribution in [0, 0.1) is 0 Å². The van der Waals surface area contributed by atoms with Crippen molar-refractivity contribution < 1.29 is 8.83 Å². The first-order valence-corrected chi connectivity index (χ1v) is 18.0. The molecule has 0 bridgehead atoms. The highest BCUT2D eigenvalue weighted by atomic mass is 16.3. The molecule has 0 aliphatic rings. The average molecular weight is 678 g/mol. The average Bonchev–Trinajstić information content (AvgIpc) is 3.80. The first-order valence-electron chi connectivity index (χ1n) is 18.0. The Morgan fingerprint density at radius 1 is 0.340 bits per heavy atom. The van der Waals surface area contributed by atoms with Crippen molar-refractivity contribution in [2.24, 2.45) is 0 Å². The minimum atomic E-state index is 0.867. The molecule has 248 valence electrons. The molecule has 0 amide bonds. The van der Waals surface area contributed by atoms with Crippen molar-refractivity contribution in [3.8, 4) is 22.3 Å². The fourth-order valence-electron chi connectivity index (χ4n) is 8.12. The van der Waals surface area contributed by atoms with E-state index < -0.39 is 0 Å². The fraction of sp³-hybridized carbons (Fsp3) is 0. The number of hydrogen-bond donors (Lipinski definition) is 0. The Labute approximate surface area is 305 Å². The van der Waals surface area contributed by atoms with E-state index >= 15 is 0 Å². The molecule has 0 aliphatic heterocycles. The molecule has 0 unspecified atom stereocenters. The molecule has 53 heavy (non-hydrogen) atoms. The van der Waals surface area contributed by atoms with Gasteiger partial charge in [-0.25, -0.2) is 0 Å². The summed E-state index contributed by atoms with van der Waals surface area (Å²) in [6.07, 6.45) is 0. The standard InChI is InChI=1S/C50H31NO2/c1-3-12-39-33(9-1)11-7-15-40(39)35-21-27-38(28-22-35)51(45-16-8-18-48-49(45)43-14-5-6-17-46(43)52-48)37-25-19-32(20-26-37)36-24-30-47-44(31-36)42-29-23-34-10-2-4-13-41(34)50(42)53-47/h1-31H. The molecular weight excluding hydrogens is 647 g/mol. The van der Waals surface area contributed by atoms with E-state index in [9.17, 15) is 0 Å². The summed E-state index contributed by atoms with van der Waals surface area (Å²) < 4.78 is 12.8. The highest BCUT2D eigenvalue weighted by Gasteiger charge is 2.20. The van der Waals surface area contributed by atoms with Crippen molar-refractivity contribution in [3.05, 3.63) is 188 Å². The Balaban J connectivity index is 1.04. The summed E-state index contributed by atoms with van der Waals surface area (Å²) >= 11 is 0. The van der Waals surface area contributed by atoms with E-state index in [0.717, 1.165) is 77.5 Å². The lowest BCUT2D eigenvalue weighted by atomic mass is 9.98. The molecule has 3 heteroatoms. The van der Waals surface area contributed by atoms with Gasteiger partial charge in [0, 0.05) is 32.9 Å². The monoisotopic (exact) mass is 677 g/mol. The maximum absolute atomic E-state index is 6.41. The zero-order chi connectivity index (χ0) is 34.9. The van der Waals surface area contributed by atoms with Crippen LogP contribution >= 0.6 is 0 Å². The lowest BCUT2D eigenvalue weighted by Gasteiger charge is -2.26. The maximum atomic E-state index is 6.41. The van der Waals surface area contributed by atoms with Crippen molar-refractivity contribution in [2.75, 3.05) is 4.90 Å². The van der Waals surface area contributed by atoms with Crippen molar-refractivity contribution in [1.82, 2.24) is 0 Å². The van der Waals surface area contributed by atoms with Gasteiger partial charge in [0.15, 0.2) is 0 Å². The van der Waals surface area contributed by atoms with Crippen LogP contribution < -0.4 is 4.90 Å². The normalized spacial score (nSPS) is 11.8. The second kappa shape index (κ2) is 11.7. The van der Waals surface area contributed by atoms with Gasteiger partial charge in [-0.15, -0.1) is 0 Å². The quantitative estimate of drug-likeness (QED) is 0.182. The lowest BCUT2D eigenvalue weighted by Crippen LogP contribution is -2.10. The maximum Gasteiger partial charge on any atom is 0.143 e. The first kappa shape index (κ1) is 29.6. The number of anilines is 3. The number of fused-ring (bicyclic) bond motifs is 9. The van der Waals surface area contributed by atoms with Gasteiger partial charge in [0.1, 0.15) is 22.3 Å². The van der Waals surface area contributed by atoms with E-state index in [-0.39, 0.29) is 0 Å². The predicted molar refractivity (Wildman–Crippen MR) is 222 cm³/mol. The molecule has 0 saturated carbocycles. The summed E-state index contributed by atoms with van der Waals surface area (Å²) in [4.78, 5) is 2.35. The fourth-order valence-corrected chi connectivity index (χ4v) is 8.12. The number of nitrogens with zero attached hydrogens (tertiary/aromatic N) is 1. The largest absolute Gasteiger partial charge is 0.456 e. The molecule has 0 fully saturated rings. The van der Waals surface area contributed by atoms with Crippen LogP contribution in [-0.2, 0) is 0 Å². The minimum Gasteiger partial charge on any atom is -0.456 e. The molecule has 0 spiro atoms. The van der Waals surface area contributed by atoms with Crippen molar-refractivity contribution in [2.45, 2.75) is 0 Å². The topological polar surface area (TPSA) is 29.5 Å². The van der Waals surface area contributed by atoms with E-state index in [2.05, 4.69) is 181 Å². The second-order valence-electron chi connectivity index (χ2n) is 13.7. The third-order valence-electron chi connectivity index (χ3n) is 10.7. The van der Waals surface area contributed by atoms with Gasteiger partial charge in [0.25, 0.3) is 0 Å². The minimum absolute atomic E-state index is 0.867. The second-order valence-corrected chi connectivity index (χ2v) is 13.7. The highest BCUT2D eigenvalue weighted by molar-refractivity contribution is 6.16. The van der Waals surface area contributed by atoms with E-state index in [4.69, 9.17) is 8.83 Å². The van der Waals surface area contributed by atoms with Gasteiger partial charge in [-0.1, -0.05) is 127 Å². The van der Waals surface area contributed by atoms with Gasteiger partial charge in [-0.05, 0) is 99.1 Å². The Bertz CT molecular complexity index is 3160. The third kappa shape index (κ3) is 4.75. The molecule has 11 aromatic rings. The molecule has 0 radical (unpaired) electrons. The molecule has 0 saturated heterocycles. The first-order chi connectivity index (χ1) is 26.3. The highest BCUT2D eigenvalue weighted by Crippen LogP contribution is 2.44. The van der Waals surface area contributed by atoms with Gasteiger partial charge in [-0.2, -0.15) is 0 Å². The lowest BCUT2D eigenvalue weighted by molar-refractivity contribution is 0.669. The number of benzene rings is 9. The van der Waals surface area contributed by atoms with Crippen LogP contribution in [0.4, 0.5) is 17.1 Å². The van der Waals surface area contributed by atoms with E-state index in [1.807, 2.05) is 12.1 Å². The number of rotatable bonds is 5. The number of furan rings is 2. The molecule has 0 N–H and O–H groups in total. The van der Waals surface area contributed by atoms with Crippen LogP contribution in [-0.4, -0.2) is 0 Å². The van der Waals surface area contributed by atoms with Crippen LogP contribution in [0.1, 0.15) is 0 Å². The SMILES string of the molecule is c1ccc2c(-c3ccc(N(c4ccc(-c5ccc6oc7c8ccccc8ccc7c6c5)cc4)c4cccc5oc6ccccc6c45)cc3)cccc2c1. The molecule has 0 aliphatic carbocycles. The van der Waals surface area contributed by atoms with E-state index in [1.165, 1.54) is 27.3 Å². The molecule has 11 rings (SSSR count). The van der Waals surface area contributed by atoms with Crippen LogP contribution in [0.2, 0.25) is 0 Å². The summed E-state index contributed by atoms with van der Waals surface area (Å²) in [6.45, 7) is 0. The van der Waals surface area contributed by atoms with Gasteiger partial charge in [0.05, 0.1) is 11.1 Å². The Hall–Kier alpha value is -7.10. The van der Waals surface area contributed by atoms with E-state index in [0.29, 0.717) is 0 Å². The summed E-state index contributed by atoms with van der Waals surface area (Å²) in [5.74, 6) is 0. The third-order valence-corrected chi connectivity index (χ3v) is 10.7. The van der Waals surface area contributed by atoms with E-state index in [1.54, 1.807) is 0 Å². The van der Waals surface area contributed by atoms with Gasteiger partial charge in [-0.3, -0.25) is 0 Å². The van der Waals surface area contributed by atoms with Crippen LogP contribution in [0.3, 0.4) is 0 Å². The van der Waals surface area contributed by atoms with Crippen LogP contribution in [0.5, 0.6) is 0 Å². The molecule has 2 aromatic heterocycles. The summed E-state index contributed by atoms with van der Waals surface area (Å²) in [5, 5.41) is 9.26. The smallest absolute Gasteiger partial charge is 0.143 e. The molecule has 0 atom stereocenters. The molecular formula is C50H31NO2. The van der Waals surface area contributed by atoms with Gasteiger partial charge in [0.2, 0.25) is 0 Å². The molecule has 3 nitrogen and oxygen atoms in total.